The standard InChI is InChI=1S/C26H34Cl3N3O4S/c1-6-17(2)30-26(34)19(4)31(16-20-22(28)11-7-12-23(20)29)25(33)14-9-15-32(37(5,35)36)24-13-8-10-21(27)18(24)3/h7-8,10-13,17,19H,6,9,14-16H2,1-5H3,(H,30,34)/t17-,19-/m0/s1. The van der Waals surface area contributed by atoms with Crippen molar-refractivity contribution in [1.82, 2.24) is 10.2 Å². The molecule has 0 unspecified atom stereocenters. The van der Waals surface area contributed by atoms with Gasteiger partial charge in [0.05, 0.1) is 11.9 Å². The zero-order chi connectivity index (χ0) is 27.9. The molecular formula is C26H34Cl3N3O4S. The molecule has 7 nitrogen and oxygen atoms in total. The van der Waals surface area contributed by atoms with Crippen molar-refractivity contribution in [3.05, 3.63) is 62.6 Å². The third-order valence-electron chi connectivity index (χ3n) is 6.22. The van der Waals surface area contributed by atoms with Crippen LogP contribution in [0.3, 0.4) is 0 Å². The molecule has 0 aromatic heterocycles. The van der Waals surface area contributed by atoms with E-state index in [-0.39, 0.29) is 43.8 Å². The van der Waals surface area contributed by atoms with Crippen molar-refractivity contribution in [2.24, 2.45) is 0 Å². The first-order chi connectivity index (χ1) is 17.3. The molecule has 2 aromatic rings. The number of anilines is 1. The summed E-state index contributed by atoms with van der Waals surface area (Å²) in [6, 6.07) is 9.25. The summed E-state index contributed by atoms with van der Waals surface area (Å²) in [4.78, 5) is 27.8. The van der Waals surface area contributed by atoms with Gasteiger partial charge < -0.3 is 10.2 Å². The molecule has 0 heterocycles. The normalized spacial score (nSPS) is 13.1. The van der Waals surface area contributed by atoms with Crippen LogP contribution in [-0.2, 0) is 26.2 Å². The van der Waals surface area contributed by atoms with Crippen LogP contribution in [0.1, 0.15) is 51.2 Å². The minimum absolute atomic E-state index is 0.00859. The number of rotatable bonds is 12. The summed E-state index contributed by atoms with van der Waals surface area (Å²) in [6.07, 6.45) is 2.09. The van der Waals surface area contributed by atoms with Gasteiger partial charge in [-0.15, -0.1) is 0 Å². The Labute approximate surface area is 235 Å². The van der Waals surface area contributed by atoms with Gasteiger partial charge in [-0.2, -0.15) is 0 Å². The van der Waals surface area contributed by atoms with Crippen molar-refractivity contribution < 1.29 is 18.0 Å². The fourth-order valence-electron chi connectivity index (χ4n) is 3.75. The smallest absolute Gasteiger partial charge is 0.242 e. The molecule has 2 rings (SSSR count). The van der Waals surface area contributed by atoms with Crippen LogP contribution in [0.5, 0.6) is 0 Å². The van der Waals surface area contributed by atoms with Gasteiger partial charge in [-0.25, -0.2) is 8.42 Å². The van der Waals surface area contributed by atoms with E-state index >= 15 is 0 Å². The van der Waals surface area contributed by atoms with Crippen LogP contribution in [0.2, 0.25) is 15.1 Å². The second-order valence-electron chi connectivity index (χ2n) is 9.04. The van der Waals surface area contributed by atoms with E-state index in [2.05, 4.69) is 5.32 Å². The Morgan fingerprint density at radius 2 is 1.57 bits per heavy atom. The number of carbonyl (C=O) groups excluding carboxylic acids is 2. The molecular weight excluding hydrogens is 557 g/mol. The number of nitrogens with zero attached hydrogens (tertiary/aromatic N) is 2. The van der Waals surface area contributed by atoms with Crippen molar-refractivity contribution in [3.63, 3.8) is 0 Å². The van der Waals surface area contributed by atoms with Crippen LogP contribution in [0.25, 0.3) is 0 Å². The first kappa shape index (κ1) is 31.2. The third-order valence-corrected chi connectivity index (χ3v) is 8.52. The highest BCUT2D eigenvalue weighted by molar-refractivity contribution is 7.92. The number of hydrogen-bond donors (Lipinski definition) is 1. The SMILES string of the molecule is CC[C@H](C)NC(=O)[C@H](C)N(Cc1c(Cl)cccc1Cl)C(=O)CCCN(c1cccc(Cl)c1C)S(C)(=O)=O. The molecule has 0 aliphatic carbocycles. The zero-order valence-corrected chi connectivity index (χ0v) is 24.8. The highest BCUT2D eigenvalue weighted by Gasteiger charge is 2.28. The molecule has 0 aliphatic heterocycles. The highest BCUT2D eigenvalue weighted by Crippen LogP contribution is 2.29. The third kappa shape index (κ3) is 8.50. The maximum Gasteiger partial charge on any atom is 0.242 e. The van der Waals surface area contributed by atoms with Crippen molar-refractivity contribution in [1.29, 1.82) is 0 Å². The number of sulfonamides is 1. The number of halogens is 3. The van der Waals surface area contributed by atoms with Gasteiger partial charge in [-0.1, -0.05) is 53.9 Å². The average molecular weight is 591 g/mol. The molecule has 37 heavy (non-hydrogen) atoms. The van der Waals surface area contributed by atoms with E-state index < -0.39 is 16.1 Å². The molecule has 0 saturated carbocycles. The largest absolute Gasteiger partial charge is 0.352 e. The Morgan fingerprint density at radius 3 is 2.14 bits per heavy atom. The van der Waals surface area contributed by atoms with Crippen LogP contribution in [-0.4, -0.2) is 50.0 Å². The Bertz CT molecular complexity index is 1200. The van der Waals surface area contributed by atoms with E-state index in [0.717, 1.165) is 12.7 Å². The van der Waals surface area contributed by atoms with Crippen molar-refractivity contribution in [2.45, 2.75) is 65.6 Å². The summed E-state index contributed by atoms with van der Waals surface area (Å²) in [6.45, 7) is 7.35. The molecule has 0 radical (unpaired) electrons. The summed E-state index contributed by atoms with van der Waals surface area (Å²) >= 11 is 18.9. The maximum atomic E-state index is 13.4. The molecule has 0 fully saturated rings. The number of hydrogen-bond acceptors (Lipinski definition) is 4. The second-order valence-corrected chi connectivity index (χ2v) is 12.2. The first-order valence-electron chi connectivity index (χ1n) is 12.0. The lowest BCUT2D eigenvalue weighted by Gasteiger charge is -2.31. The van der Waals surface area contributed by atoms with Gasteiger partial charge in [0.25, 0.3) is 0 Å². The lowest BCUT2D eigenvalue weighted by atomic mass is 10.1. The van der Waals surface area contributed by atoms with Gasteiger partial charge in [-0.05, 0) is 63.4 Å². The number of carbonyl (C=O) groups is 2. The zero-order valence-electron chi connectivity index (χ0n) is 21.7. The van der Waals surface area contributed by atoms with E-state index in [0.29, 0.717) is 31.9 Å². The fourth-order valence-corrected chi connectivity index (χ4v) is 5.45. The molecule has 2 amide bonds. The van der Waals surface area contributed by atoms with Gasteiger partial charge in [0.15, 0.2) is 0 Å². The molecule has 204 valence electrons. The summed E-state index contributed by atoms with van der Waals surface area (Å²) in [5.41, 5.74) is 1.63. The van der Waals surface area contributed by atoms with Crippen LogP contribution >= 0.6 is 34.8 Å². The number of benzene rings is 2. The van der Waals surface area contributed by atoms with Crippen molar-refractivity contribution >= 4 is 62.3 Å². The van der Waals surface area contributed by atoms with Crippen LogP contribution in [0.4, 0.5) is 5.69 Å². The van der Waals surface area contributed by atoms with Gasteiger partial charge in [0, 0.05) is 46.2 Å². The summed E-state index contributed by atoms with van der Waals surface area (Å²) in [7, 11) is -3.63. The number of nitrogens with one attached hydrogen (secondary N) is 1. The summed E-state index contributed by atoms with van der Waals surface area (Å²) in [5, 5.41) is 4.14. The lowest BCUT2D eigenvalue weighted by molar-refractivity contribution is -0.140. The first-order valence-corrected chi connectivity index (χ1v) is 15.0. The molecule has 2 aromatic carbocycles. The minimum atomic E-state index is -3.63. The highest BCUT2D eigenvalue weighted by atomic mass is 35.5. The Balaban J connectivity index is 2.27. The average Bonchev–Trinajstić information content (AvgIpc) is 2.82. The van der Waals surface area contributed by atoms with E-state index in [4.69, 9.17) is 34.8 Å². The lowest BCUT2D eigenvalue weighted by Crippen LogP contribution is -2.49. The predicted molar refractivity (Wildman–Crippen MR) is 152 cm³/mol. The quantitative estimate of drug-likeness (QED) is 0.337. The van der Waals surface area contributed by atoms with E-state index in [1.54, 1.807) is 50.2 Å². The molecule has 0 aliphatic rings. The van der Waals surface area contributed by atoms with Crippen LogP contribution in [0.15, 0.2) is 36.4 Å². The molecule has 0 bridgehead atoms. The van der Waals surface area contributed by atoms with Crippen LogP contribution < -0.4 is 9.62 Å². The minimum Gasteiger partial charge on any atom is -0.352 e. The molecule has 2 atom stereocenters. The van der Waals surface area contributed by atoms with E-state index in [1.165, 1.54) is 9.21 Å². The van der Waals surface area contributed by atoms with Crippen LogP contribution in [0, 0.1) is 6.92 Å². The Hall–Kier alpha value is -2.00. The predicted octanol–water partition coefficient (Wildman–Crippen LogP) is 5.83. The fraction of sp³-hybridized carbons (Fsp3) is 0.462. The molecule has 11 heteroatoms. The van der Waals surface area contributed by atoms with Crippen molar-refractivity contribution in [2.75, 3.05) is 17.1 Å². The van der Waals surface area contributed by atoms with Gasteiger partial charge >= 0.3 is 0 Å². The monoisotopic (exact) mass is 589 g/mol. The molecule has 0 saturated heterocycles. The van der Waals surface area contributed by atoms with Crippen molar-refractivity contribution in [3.8, 4) is 0 Å². The van der Waals surface area contributed by atoms with E-state index in [9.17, 15) is 18.0 Å². The maximum absolute atomic E-state index is 13.4. The topological polar surface area (TPSA) is 86.8 Å². The molecule has 1 N–H and O–H groups in total. The number of amides is 2. The summed E-state index contributed by atoms with van der Waals surface area (Å²) < 4.78 is 26.4. The second kappa shape index (κ2) is 13.7. The van der Waals surface area contributed by atoms with Gasteiger partial charge in [0.1, 0.15) is 6.04 Å². The summed E-state index contributed by atoms with van der Waals surface area (Å²) in [5.74, 6) is -0.614. The van der Waals surface area contributed by atoms with E-state index in [1.807, 2.05) is 13.8 Å². The molecule has 0 spiro atoms. The van der Waals surface area contributed by atoms with Gasteiger partial charge in [0.2, 0.25) is 21.8 Å². The Kier molecular flexibility index (Phi) is 11.6. The Morgan fingerprint density at radius 1 is 1.00 bits per heavy atom. The van der Waals surface area contributed by atoms with Gasteiger partial charge in [-0.3, -0.25) is 13.9 Å².